The first-order chi connectivity index (χ1) is 11.2. The fourth-order valence-electron chi connectivity index (χ4n) is 2.62. The number of rotatable bonds is 4. The SMILES string of the molecule is CCN1C(=O)CS/C1=C(\C(=O)c1ccccc1)c1ccccc1. The smallest absolute Gasteiger partial charge is 0.237 e. The summed E-state index contributed by atoms with van der Waals surface area (Å²) in [5, 5.41) is 0.762. The molecular weight excluding hydrogens is 306 g/mol. The third kappa shape index (κ3) is 3.08. The van der Waals surface area contributed by atoms with E-state index in [0.29, 0.717) is 23.4 Å². The van der Waals surface area contributed by atoms with Gasteiger partial charge in [0.05, 0.1) is 16.4 Å². The molecule has 3 rings (SSSR count). The Hall–Kier alpha value is -2.33. The van der Waals surface area contributed by atoms with Gasteiger partial charge in [0, 0.05) is 12.1 Å². The van der Waals surface area contributed by atoms with Gasteiger partial charge in [-0.1, -0.05) is 72.4 Å². The number of carbonyl (C=O) groups excluding carboxylic acids is 2. The fourth-order valence-corrected chi connectivity index (χ4v) is 3.77. The van der Waals surface area contributed by atoms with Crippen LogP contribution < -0.4 is 0 Å². The Morgan fingerprint density at radius 2 is 1.57 bits per heavy atom. The molecule has 0 unspecified atom stereocenters. The van der Waals surface area contributed by atoms with Crippen LogP contribution in [-0.4, -0.2) is 28.9 Å². The molecule has 4 heteroatoms. The van der Waals surface area contributed by atoms with Crippen LogP contribution in [0.15, 0.2) is 65.7 Å². The number of thioether (sulfide) groups is 1. The monoisotopic (exact) mass is 323 g/mol. The molecule has 1 saturated heterocycles. The summed E-state index contributed by atoms with van der Waals surface area (Å²) in [7, 11) is 0. The van der Waals surface area contributed by atoms with Gasteiger partial charge in [-0.25, -0.2) is 0 Å². The van der Waals surface area contributed by atoms with Crippen molar-refractivity contribution in [3.63, 3.8) is 0 Å². The van der Waals surface area contributed by atoms with E-state index in [2.05, 4.69) is 0 Å². The van der Waals surface area contributed by atoms with Crippen molar-refractivity contribution in [2.24, 2.45) is 0 Å². The molecule has 2 aromatic rings. The van der Waals surface area contributed by atoms with Gasteiger partial charge < -0.3 is 4.90 Å². The molecule has 116 valence electrons. The van der Waals surface area contributed by atoms with Gasteiger partial charge in [0.15, 0.2) is 5.78 Å². The van der Waals surface area contributed by atoms with Crippen molar-refractivity contribution >= 4 is 29.0 Å². The Kier molecular flexibility index (Phi) is 4.63. The Bertz CT molecular complexity index is 753. The molecule has 0 N–H and O–H groups in total. The Morgan fingerprint density at radius 1 is 1.00 bits per heavy atom. The first-order valence-electron chi connectivity index (χ1n) is 7.55. The van der Waals surface area contributed by atoms with Crippen LogP contribution in [0, 0.1) is 0 Å². The van der Waals surface area contributed by atoms with Crippen LogP contribution in [0.4, 0.5) is 0 Å². The second-order valence-electron chi connectivity index (χ2n) is 5.17. The molecular formula is C19H17NO2S. The third-order valence-corrected chi connectivity index (χ3v) is 4.82. The zero-order valence-electron chi connectivity index (χ0n) is 12.9. The van der Waals surface area contributed by atoms with Gasteiger partial charge in [0.1, 0.15) is 0 Å². The molecule has 0 bridgehead atoms. The highest BCUT2D eigenvalue weighted by Crippen LogP contribution is 2.37. The van der Waals surface area contributed by atoms with Gasteiger partial charge in [-0.3, -0.25) is 9.59 Å². The summed E-state index contributed by atoms with van der Waals surface area (Å²) in [4.78, 5) is 26.9. The van der Waals surface area contributed by atoms with Crippen LogP contribution in [0.1, 0.15) is 22.8 Å². The third-order valence-electron chi connectivity index (χ3n) is 3.73. The number of hydrogen-bond donors (Lipinski definition) is 0. The number of allylic oxidation sites excluding steroid dienone is 1. The van der Waals surface area contributed by atoms with Gasteiger partial charge in [0.25, 0.3) is 0 Å². The zero-order chi connectivity index (χ0) is 16.2. The van der Waals surface area contributed by atoms with Crippen LogP contribution in [0.5, 0.6) is 0 Å². The number of ketones is 1. The predicted molar refractivity (Wildman–Crippen MR) is 94.0 cm³/mol. The van der Waals surface area contributed by atoms with Crippen LogP contribution in [-0.2, 0) is 4.79 Å². The van der Waals surface area contributed by atoms with Crippen LogP contribution in [0.25, 0.3) is 5.57 Å². The molecule has 2 aromatic carbocycles. The number of nitrogens with zero attached hydrogens (tertiary/aromatic N) is 1. The first kappa shape index (κ1) is 15.6. The molecule has 0 aliphatic carbocycles. The van der Waals surface area contributed by atoms with E-state index in [0.717, 1.165) is 10.6 Å². The maximum Gasteiger partial charge on any atom is 0.237 e. The average Bonchev–Trinajstić information content (AvgIpc) is 2.97. The molecule has 0 spiro atoms. The van der Waals surface area contributed by atoms with E-state index in [-0.39, 0.29) is 11.7 Å². The highest BCUT2D eigenvalue weighted by molar-refractivity contribution is 8.04. The lowest BCUT2D eigenvalue weighted by atomic mass is 9.97. The molecule has 1 aliphatic rings. The molecule has 1 heterocycles. The maximum absolute atomic E-state index is 13.1. The molecule has 1 amide bonds. The van der Waals surface area contributed by atoms with Crippen molar-refractivity contribution in [3.8, 4) is 0 Å². The Morgan fingerprint density at radius 3 is 2.13 bits per heavy atom. The van der Waals surface area contributed by atoms with Crippen molar-refractivity contribution in [2.45, 2.75) is 6.92 Å². The average molecular weight is 323 g/mol. The summed E-state index contributed by atoms with van der Waals surface area (Å²) in [6, 6.07) is 18.8. The second kappa shape index (κ2) is 6.84. The van der Waals surface area contributed by atoms with Crippen molar-refractivity contribution in [2.75, 3.05) is 12.3 Å². The van der Waals surface area contributed by atoms with Crippen molar-refractivity contribution in [1.29, 1.82) is 0 Å². The quantitative estimate of drug-likeness (QED) is 0.634. The van der Waals surface area contributed by atoms with E-state index in [4.69, 9.17) is 0 Å². The van der Waals surface area contributed by atoms with Crippen molar-refractivity contribution < 1.29 is 9.59 Å². The van der Waals surface area contributed by atoms with E-state index in [1.165, 1.54) is 11.8 Å². The molecule has 1 fully saturated rings. The molecule has 0 radical (unpaired) electrons. The molecule has 0 atom stereocenters. The minimum atomic E-state index is -0.0487. The summed E-state index contributed by atoms with van der Waals surface area (Å²) in [6.45, 7) is 2.50. The maximum atomic E-state index is 13.1. The molecule has 0 saturated carbocycles. The van der Waals surface area contributed by atoms with E-state index >= 15 is 0 Å². The number of amides is 1. The Labute approximate surface area is 140 Å². The lowest BCUT2D eigenvalue weighted by molar-refractivity contribution is -0.125. The first-order valence-corrected chi connectivity index (χ1v) is 8.53. The highest BCUT2D eigenvalue weighted by atomic mass is 32.2. The standard InChI is InChI=1S/C19H17NO2S/c1-2-20-16(21)13-23-19(20)17(14-9-5-3-6-10-14)18(22)15-11-7-4-8-12-15/h3-12H,2,13H2,1H3/b19-17-. The number of Topliss-reactive ketones (excluding diaryl/α,β-unsaturated/α-hetero) is 1. The molecule has 3 nitrogen and oxygen atoms in total. The van der Waals surface area contributed by atoms with Crippen LogP contribution >= 0.6 is 11.8 Å². The zero-order valence-corrected chi connectivity index (χ0v) is 13.7. The minimum absolute atomic E-state index is 0.0487. The van der Waals surface area contributed by atoms with Crippen LogP contribution in [0.3, 0.4) is 0 Å². The summed E-state index contributed by atoms with van der Waals surface area (Å²) in [6.07, 6.45) is 0. The largest absolute Gasteiger partial charge is 0.306 e. The lowest BCUT2D eigenvalue weighted by Gasteiger charge is -2.19. The number of benzene rings is 2. The minimum Gasteiger partial charge on any atom is -0.306 e. The summed E-state index contributed by atoms with van der Waals surface area (Å²) in [5.41, 5.74) is 2.08. The Balaban J connectivity index is 2.16. The van der Waals surface area contributed by atoms with Crippen molar-refractivity contribution in [1.82, 2.24) is 4.90 Å². The van der Waals surface area contributed by atoms with Gasteiger partial charge in [-0.15, -0.1) is 0 Å². The highest BCUT2D eigenvalue weighted by Gasteiger charge is 2.31. The fraction of sp³-hybridized carbons (Fsp3) is 0.158. The van der Waals surface area contributed by atoms with Crippen LogP contribution in [0.2, 0.25) is 0 Å². The summed E-state index contributed by atoms with van der Waals surface area (Å²) >= 11 is 1.44. The predicted octanol–water partition coefficient (Wildman–Crippen LogP) is 3.83. The summed E-state index contributed by atoms with van der Waals surface area (Å²) < 4.78 is 0. The second-order valence-corrected chi connectivity index (χ2v) is 6.13. The van der Waals surface area contributed by atoms with Crippen molar-refractivity contribution in [3.05, 3.63) is 76.8 Å². The normalized spacial score (nSPS) is 16.6. The molecule has 0 aromatic heterocycles. The van der Waals surface area contributed by atoms with E-state index in [1.807, 2.05) is 67.6 Å². The van der Waals surface area contributed by atoms with Gasteiger partial charge in [0.2, 0.25) is 5.91 Å². The number of hydrogen-bond acceptors (Lipinski definition) is 3. The van der Waals surface area contributed by atoms with Gasteiger partial charge in [-0.05, 0) is 12.5 Å². The topological polar surface area (TPSA) is 37.4 Å². The lowest BCUT2D eigenvalue weighted by Crippen LogP contribution is -2.25. The van der Waals surface area contributed by atoms with E-state index < -0.39 is 0 Å². The van der Waals surface area contributed by atoms with E-state index in [1.54, 1.807) is 4.90 Å². The van der Waals surface area contributed by atoms with Gasteiger partial charge in [-0.2, -0.15) is 0 Å². The molecule has 1 aliphatic heterocycles. The molecule has 23 heavy (non-hydrogen) atoms. The number of carbonyl (C=O) groups is 2. The van der Waals surface area contributed by atoms with Gasteiger partial charge >= 0.3 is 0 Å². The summed E-state index contributed by atoms with van der Waals surface area (Å²) in [5.74, 6) is 0.399. The van der Waals surface area contributed by atoms with E-state index in [9.17, 15) is 9.59 Å².